The van der Waals surface area contributed by atoms with Crippen LogP contribution in [0.4, 0.5) is 11.4 Å². The molecule has 2 amide bonds. The third-order valence-electron chi connectivity index (χ3n) is 8.16. The number of carbonyl (C=O) groups is 4. The number of hydrogen-bond acceptors (Lipinski definition) is 18. The van der Waals surface area contributed by atoms with E-state index in [1.807, 2.05) is 38.0 Å². The number of aromatic hydroxyl groups is 2. The summed E-state index contributed by atoms with van der Waals surface area (Å²) in [6.07, 6.45) is -2.87. The molecule has 3 rings (SSSR count). The van der Waals surface area contributed by atoms with E-state index >= 15 is 0 Å². The second kappa shape index (κ2) is 24.0. The number of nitrogens with zero attached hydrogens (tertiary/aromatic N) is 2. The van der Waals surface area contributed by atoms with E-state index < -0.39 is 59.7 Å². The minimum absolute atomic E-state index is 0.0433. The minimum atomic E-state index is -0.874. The van der Waals surface area contributed by atoms with Gasteiger partial charge in [0.25, 0.3) is 11.8 Å². The molecule has 4 atom stereocenters. The van der Waals surface area contributed by atoms with Crippen LogP contribution in [-0.2, 0) is 19.1 Å². The Hall–Kier alpha value is -3.12. The van der Waals surface area contributed by atoms with Gasteiger partial charge in [0.05, 0.1) is 22.3 Å². The van der Waals surface area contributed by atoms with Gasteiger partial charge in [-0.3, -0.25) is 40.4 Å². The van der Waals surface area contributed by atoms with Crippen LogP contribution in [0, 0.1) is 0 Å². The first-order valence-electron chi connectivity index (χ1n) is 17.5. The first-order chi connectivity index (χ1) is 26.8. The molecule has 312 valence electrons. The van der Waals surface area contributed by atoms with Gasteiger partial charge in [-0.15, -0.1) is 0 Å². The maximum Gasteiger partial charge on any atom is 0.252 e. The molecule has 0 saturated carbocycles. The fourth-order valence-electron chi connectivity index (χ4n) is 5.76. The molecule has 4 unspecified atom stereocenters. The molecule has 10 N–H and O–H groups in total. The highest BCUT2D eigenvalue weighted by molar-refractivity contribution is 7.80. The molecule has 2 aromatic carbocycles. The van der Waals surface area contributed by atoms with E-state index in [1.165, 1.54) is 0 Å². The lowest BCUT2D eigenvalue weighted by molar-refractivity contribution is -0.126. The second-order valence-corrected chi connectivity index (χ2v) is 13.9. The molecule has 2 aromatic rings. The van der Waals surface area contributed by atoms with Crippen molar-refractivity contribution in [1.82, 2.24) is 41.7 Å². The zero-order valence-electron chi connectivity index (χ0n) is 31.6. The van der Waals surface area contributed by atoms with E-state index in [9.17, 15) is 29.4 Å². The van der Waals surface area contributed by atoms with E-state index in [0.29, 0.717) is 13.1 Å². The van der Waals surface area contributed by atoms with Gasteiger partial charge in [0, 0.05) is 62.4 Å². The lowest BCUT2D eigenvalue weighted by atomic mass is 9.81. The average molecular weight is 864 g/mol. The Labute approximate surface area is 347 Å². The summed E-state index contributed by atoms with van der Waals surface area (Å²) in [5, 5.41) is 45.1. The number of anilines is 2. The molecule has 0 spiro atoms. The van der Waals surface area contributed by atoms with Crippen LogP contribution in [0.25, 0.3) is 0 Å². The molecule has 0 aliphatic heterocycles. The molecule has 0 bridgehead atoms. The molecule has 0 heterocycles. The standard InChI is InChI=1S/C34H52Cl2N10O8S2/c1-45(2)13-23(53-15-35)43-31(41-17-55)33(51)39-11-9-37-19-5-6-20(26-25(19)29(49)27-21(47)7-8-22(48)28(27)30(26)50)38-10-12-40-34(52)32(42-18-56)44-24(54-16-36)14-46(3)4/h5-8,23-24,31-32,37-38,41-44,47-48,55-56H,9-18H2,1-4H3,(H,39,51)(H,40,52). The van der Waals surface area contributed by atoms with Crippen molar-refractivity contribution in [3.8, 4) is 11.5 Å². The number of fused-ring (bicyclic) bond motifs is 2. The van der Waals surface area contributed by atoms with Gasteiger partial charge < -0.3 is 50.8 Å². The first-order valence-corrected chi connectivity index (χ1v) is 19.8. The van der Waals surface area contributed by atoms with Crippen molar-refractivity contribution in [2.45, 2.75) is 24.8 Å². The van der Waals surface area contributed by atoms with E-state index in [1.54, 1.807) is 12.1 Å². The Morgan fingerprint density at radius 3 is 1.36 bits per heavy atom. The normalized spacial score (nSPS) is 14.5. The number of ether oxygens (including phenoxy) is 2. The van der Waals surface area contributed by atoms with Gasteiger partial charge in [0.2, 0.25) is 11.6 Å². The first kappa shape index (κ1) is 47.3. The van der Waals surface area contributed by atoms with Crippen LogP contribution in [-0.4, -0.2) is 160 Å². The predicted octanol–water partition coefficient (Wildman–Crippen LogP) is -0.0842. The molecule has 0 aromatic heterocycles. The van der Waals surface area contributed by atoms with Crippen LogP contribution in [0.2, 0.25) is 0 Å². The Balaban J connectivity index is 1.77. The van der Waals surface area contributed by atoms with Gasteiger partial charge in [0.1, 0.15) is 48.4 Å². The van der Waals surface area contributed by atoms with Gasteiger partial charge in [-0.2, -0.15) is 25.3 Å². The molecular weight excluding hydrogens is 811 g/mol. The Morgan fingerprint density at radius 2 is 1.04 bits per heavy atom. The van der Waals surface area contributed by atoms with Crippen LogP contribution >= 0.6 is 48.5 Å². The summed E-state index contributed by atoms with van der Waals surface area (Å²) in [6, 6.07) is 5.27. The summed E-state index contributed by atoms with van der Waals surface area (Å²) in [4.78, 5) is 57.9. The van der Waals surface area contributed by atoms with Crippen molar-refractivity contribution in [3.63, 3.8) is 0 Å². The number of ketones is 2. The van der Waals surface area contributed by atoms with Crippen LogP contribution in [0.3, 0.4) is 0 Å². The third-order valence-corrected chi connectivity index (χ3v) is 8.78. The van der Waals surface area contributed by atoms with Crippen molar-refractivity contribution in [3.05, 3.63) is 46.5 Å². The van der Waals surface area contributed by atoms with Gasteiger partial charge >= 0.3 is 0 Å². The molecule has 1 aliphatic rings. The van der Waals surface area contributed by atoms with Crippen LogP contribution in [0.15, 0.2) is 24.3 Å². The maximum atomic E-state index is 14.0. The number of thiol groups is 2. The summed E-state index contributed by atoms with van der Waals surface area (Å²) in [7, 11) is 7.40. The average Bonchev–Trinajstić information content (AvgIpc) is 3.14. The fraction of sp³-hybridized carbons (Fsp3) is 0.529. The zero-order chi connectivity index (χ0) is 41.4. The number of alkyl halides is 2. The molecule has 1 aliphatic carbocycles. The number of nitrogens with one attached hydrogen (secondary N) is 8. The lowest BCUT2D eigenvalue weighted by Crippen LogP contribution is -2.58. The highest BCUT2D eigenvalue weighted by Gasteiger charge is 2.38. The van der Waals surface area contributed by atoms with Gasteiger partial charge in [-0.05, 0) is 52.5 Å². The van der Waals surface area contributed by atoms with Gasteiger partial charge in [-0.1, -0.05) is 23.2 Å². The number of halogens is 2. The minimum Gasteiger partial charge on any atom is -0.507 e. The Morgan fingerprint density at radius 1 is 0.661 bits per heavy atom. The number of rotatable bonds is 26. The molecule has 22 heteroatoms. The Kier molecular flexibility index (Phi) is 20.2. The largest absolute Gasteiger partial charge is 0.507 e. The van der Waals surface area contributed by atoms with E-state index in [4.69, 9.17) is 32.7 Å². The Bertz CT molecular complexity index is 1530. The van der Waals surface area contributed by atoms with Crippen molar-refractivity contribution in [2.24, 2.45) is 0 Å². The number of phenolic OH excluding ortho intramolecular Hbond substituents is 2. The van der Waals surface area contributed by atoms with E-state index in [2.05, 4.69) is 67.8 Å². The van der Waals surface area contributed by atoms with E-state index in [0.717, 1.165) is 12.1 Å². The van der Waals surface area contributed by atoms with Crippen LogP contribution in [0.1, 0.15) is 31.8 Å². The predicted molar refractivity (Wildman–Crippen MR) is 222 cm³/mol. The van der Waals surface area contributed by atoms with Gasteiger partial charge in [-0.25, -0.2) is 0 Å². The summed E-state index contributed by atoms with van der Waals surface area (Å²) in [5.41, 5.74) is -0.244. The third kappa shape index (κ3) is 13.5. The van der Waals surface area contributed by atoms with E-state index in [-0.39, 0.29) is 83.7 Å². The maximum absolute atomic E-state index is 14.0. The summed E-state index contributed by atoms with van der Waals surface area (Å²) >= 11 is 19.9. The zero-order valence-corrected chi connectivity index (χ0v) is 34.9. The number of carbonyl (C=O) groups excluding carboxylic acids is 4. The molecule has 0 saturated heterocycles. The number of hydrogen-bond donors (Lipinski definition) is 12. The quantitative estimate of drug-likeness (QED) is 0.0167. The summed E-state index contributed by atoms with van der Waals surface area (Å²) in [6.45, 7) is 1.34. The second-order valence-electron chi connectivity index (χ2n) is 12.8. The molecule has 56 heavy (non-hydrogen) atoms. The fourth-order valence-corrected chi connectivity index (χ4v) is 6.43. The van der Waals surface area contributed by atoms with Gasteiger partial charge in [0.15, 0.2) is 0 Å². The molecule has 0 radical (unpaired) electrons. The summed E-state index contributed by atoms with van der Waals surface area (Å²) in [5.74, 6) is -2.77. The van der Waals surface area contributed by atoms with Crippen molar-refractivity contribution in [2.75, 3.05) is 102 Å². The lowest BCUT2D eigenvalue weighted by Gasteiger charge is -2.27. The van der Waals surface area contributed by atoms with Crippen molar-refractivity contribution < 1.29 is 38.9 Å². The highest BCUT2D eigenvalue weighted by Crippen LogP contribution is 2.42. The SMILES string of the molecule is CN(C)CC(NC(NCS)C(=O)NCCNc1ccc(NCCNC(=O)C(NCS)NC(CN(C)C)OCCl)c2c1C(=O)c1c(O)ccc(O)c1C2=O)OCCl. The molecule has 0 fully saturated rings. The molecule has 18 nitrogen and oxygen atoms in total. The number of benzene rings is 2. The topological polar surface area (TPSA) is 230 Å². The van der Waals surface area contributed by atoms with Crippen LogP contribution < -0.4 is 42.5 Å². The molecular formula is C34H52Cl2N10O8S2. The van der Waals surface area contributed by atoms with Crippen LogP contribution in [0.5, 0.6) is 11.5 Å². The highest BCUT2D eigenvalue weighted by atomic mass is 35.5. The monoisotopic (exact) mass is 862 g/mol. The number of amides is 2. The van der Waals surface area contributed by atoms with Crippen molar-refractivity contribution >= 4 is 83.2 Å². The number of likely N-dealkylation sites (N-methyl/N-ethyl adjacent to an activating group) is 2. The smallest absolute Gasteiger partial charge is 0.252 e. The number of phenols is 2. The summed E-state index contributed by atoms with van der Waals surface area (Å²) < 4.78 is 11.0. The van der Waals surface area contributed by atoms with Crippen molar-refractivity contribution in [1.29, 1.82) is 0 Å².